The van der Waals surface area contributed by atoms with Gasteiger partial charge in [0.1, 0.15) is 0 Å². The molecule has 0 unspecified atom stereocenters. The molecule has 2 rings (SSSR count). The van der Waals surface area contributed by atoms with E-state index >= 15 is 0 Å². The molecule has 1 amide bonds. The van der Waals surface area contributed by atoms with E-state index in [0.29, 0.717) is 32.3 Å². The number of hydrogen-bond donors (Lipinski definition) is 2. The number of thioether (sulfide) groups is 1. The van der Waals surface area contributed by atoms with Crippen LogP contribution in [0.5, 0.6) is 0 Å². The Labute approximate surface area is 129 Å². The van der Waals surface area contributed by atoms with Gasteiger partial charge in [0.05, 0.1) is 5.02 Å². The van der Waals surface area contributed by atoms with E-state index in [2.05, 4.69) is 10.2 Å². The number of nitrogens with two attached hydrogens (primary N) is 2. The van der Waals surface area contributed by atoms with Gasteiger partial charge in [-0.3, -0.25) is 4.79 Å². The zero-order chi connectivity index (χ0) is 14.7. The molecule has 0 aliphatic rings. The fourth-order valence-corrected chi connectivity index (χ4v) is 2.78. The molecule has 0 aliphatic heterocycles. The molecule has 0 saturated carbocycles. The van der Waals surface area contributed by atoms with Crippen LogP contribution in [-0.2, 0) is 4.79 Å². The third kappa shape index (κ3) is 3.36. The van der Waals surface area contributed by atoms with Crippen LogP contribution in [0.1, 0.15) is 6.42 Å². The van der Waals surface area contributed by atoms with Gasteiger partial charge in [-0.1, -0.05) is 35.0 Å². The summed E-state index contributed by atoms with van der Waals surface area (Å²) in [5.74, 6) is 6.46. The lowest BCUT2D eigenvalue weighted by atomic mass is 10.2. The van der Waals surface area contributed by atoms with Crippen LogP contribution >= 0.6 is 35.0 Å². The lowest BCUT2D eigenvalue weighted by Crippen LogP contribution is -2.13. The van der Waals surface area contributed by atoms with E-state index in [9.17, 15) is 4.79 Å². The molecule has 1 heterocycles. The number of amides is 1. The van der Waals surface area contributed by atoms with Gasteiger partial charge in [-0.2, -0.15) is 0 Å². The number of benzene rings is 1. The van der Waals surface area contributed by atoms with Crippen molar-refractivity contribution in [1.29, 1.82) is 0 Å². The van der Waals surface area contributed by atoms with E-state index < -0.39 is 0 Å². The Hall–Kier alpha value is -1.44. The van der Waals surface area contributed by atoms with E-state index in [-0.39, 0.29) is 12.3 Å². The standard InChI is InChI=1S/C11H11Cl2N5OS/c12-6-1-2-7(8(13)5-6)10-16-17-11(18(10)15)20-4-3-9(14)19/h1-2,5H,3-4,15H2,(H2,14,19). The number of primary amides is 1. The second kappa shape index (κ2) is 6.34. The van der Waals surface area contributed by atoms with Crippen molar-refractivity contribution in [2.45, 2.75) is 11.6 Å². The van der Waals surface area contributed by atoms with Gasteiger partial charge in [0.15, 0.2) is 5.82 Å². The van der Waals surface area contributed by atoms with Crippen molar-refractivity contribution in [3.63, 3.8) is 0 Å². The molecule has 0 radical (unpaired) electrons. The Balaban J connectivity index is 2.22. The first-order chi connectivity index (χ1) is 9.49. The Kier molecular flexibility index (Phi) is 4.74. The fourth-order valence-electron chi connectivity index (χ4n) is 1.47. The van der Waals surface area contributed by atoms with Gasteiger partial charge in [-0.05, 0) is 18.2 Å². The van der Waals surface area contributed by atoms with Crippen LogP contribution in [0.3, 0.4) is 0 Å². The van der Waals surface area contributed by atoms with Crippen LogP contribution in [0.25, 0.3) is 11.4 Å². The number of hydrogen-bond acceptors (Lipinski definition) is 5. The molecule has 2 aromatic rings. The molecular formula is C11H11Cl2N5OS. The number of nitrogens with zero attached hydrogens (tertiary/aromatic N) is 3. The van der Waals surface area contributed by atoms with Crippen molar-refractivity contribution >= 4 is 40.9 Å². The van der Waals surface area contributed by atoms with Gasteiger partial charge in [0, 0.05) is 22.8 Å². The molecule has 0 aliphatic carbocycles. The van der Waals surface area contributed by atoms with Gasteiger partial charge < -0.3 is 11.6 Å². The highest BCUT2D eigenvalue weighted by atomic mass is 35.5. The average molecular weight is 332 g/mol. The number of carbonyl (C=O) groups is 1. The Morgan fingerprint density at radius 3 is 2.75 bits per heavy atom. The van der Waals surface area contributed by atoms with Gasteiger partial charge in [-0.15, -0.1) is 10.2 Å². The van der Waals surface area contributed by atoms with Crippen molar-refractivity contribution in [1.82, 2.24) is 14.9 Å². The molecule has 0 spiro atoms. The Morgan fingerprint density at radius 2 is 2.10 bits per heavy atom. The van der Waals surface area contributed by atoms with E-state index in [4.69, 9.17) is 34.8 Å². The highest BCUT2D eigenvalue weighted by Gasteiger charge is 2.15. The van der Waals surface area contributed by atoms with Crippen LogP contribution in [-0.4, -0.2) is 26.5 Å². The molecule has 0 saturated heterocycles. The molecule has 9 heteroatoms. The Morgan fingerprint density at radius 1 is 1.35 bits per heavy atom. The van der Waals surface area contributed by atoms with E-state index in [0.717, 1.165) is 0 Å². The zero-order valence-electron chi connectivity index (χ0n) is 10.2. The van der Waals surface area contributed by atoms with E-state index in [1.54, 1.807) is 18.2 Å². The molecule has 106 valence electrons. The van der Waals surface area contributed by atoms with E-state index in [1.165, 1.54) is 16.4 Å². The first-order valence-corrected chi connectivity index (χ1v) is 7.30. The van der Waals surface area contributed by atoms with Crippen molar-refractivity contribution in [3.8, 4) is 11.4 Å². The molecule has 20 heavy (non-hydrogen) atoms. The molecule has 1 aromatic carbocycles. The predicted molar refractivity (Wildman–Crippen MR) is 80.2 cm³/mol. The maximum Gasteiger partial charge on any atom is 0.218 e. The summed E-state index contributed by atoms with van der Waals surface area (Å²) >= 11 is 13.2. The lowest BCUT2D eigenvalue weighted by Gasteiger charge is -2.05. The summed E-state index contributed by atoms with van der Waals surface area (Å²) in [5.41, 5.74) is 5.70. The minimum absolute atomic E-state index is 0.245. The summed E-state index contributed by atoms with van der Waals surface area (Å²) in [7, 11) is 0. The van der Waals surface area contributed by atoms with Gasteiger partial charge in [-0.25, -0.2) is 4.68 Å². The number of rotatable bonds is 5. The van der Waals surface area contributed by atoms with E-state index in [1.807, 2.05) is 0 Å². The van der Waals surface area contributed by atoms with Crippen LogP contribution in [0, 0.1) is 0 Å². The van der Waals surface area contributed by atoms with Gasteiger partial charge in [0.2, 0.25) is 11.1 Å². The van der Waals surface area contributed by atoms with Crippen molar-refractivity contribution < 1.29 is 4.79 Å². The van der Waals surface area contributed by atoms with Gasteiger partial charge >= 0.3 is 0 Å². The van der Waals surface area contributed by atoms with Crippen LogP contribution in [0.15, 0.2) is 23.4 Å². The molecule has 0 atom stereocenters. The second-order valence-electron chi connectivity index (χ2n) is 3.87. The van der Waals surface area contributed by atoms with Crippen molar-refractivity contribution in [3.05, 3.63) is 28.2 Å². The number of carbonyl (C=O) groups excluding carboxylic acids is 1. The number of nitrogen functional groups attached to an aromatic ring is 1. The average Bonchev–Trinajstić information content (AvgIpc) is 2.71. The number of aromatic nitrogens is 3. The summed E-state index contributed by atoms with van der Waals surface area (Å²) < 4.78 is 1.32. The normalized spacial score (nSPS) is 10.7. The second-order valence-corrected chi connectivity index (χ2v) is 5.77. The summed E-state index contributed by atoms with van der Waals surface area (Å²) in [6.45, 7) is 0. The first-order valence-electron chi connectivity index (χ1n) is 5.56. The monoisotopic (exact) mass is 331 g/mol. The van der Waals surface area contributed by atoms with Crippen LogP contribution < -0.4 is 11.6 Å². The smallest absolute Gasteiger partial charge is 0.218 e. The predicted octanol–water partition coefficient (Wildman–Crippen LogP) is 1.93. The largest absolute Gasteiger partial charge is 0.370 e. The molecule has 4 N–H and O–H groups in total. The molecule has 1 aromatic heterocycles. The highest BCUT2D eigenvalue weighted by Crippen LogP contribution is 2.30. The zero-order valence-corrected chi connectivity index (χ0v) is 12.5. The summed E-state index contributed by atoms with van der Waals surface area (Å²) in [6.07, 6.45) is 0.245. The minimum Gasteiger partial charge on any atom is -0.370 e. The van der Waals surface area contributed by atoms with Crippen LogP contribution in [0.2, 0.25) is 10.0 Å². The quantitative estimate of drug-likeness (QED) is 0.644. The first kappa shape index (κ1) is 15.0. The summed E-state index contributed by atoms with van der Waals surface area (Å²) in [6, 6.07) is 5.01. The third-order valence-corrected chi connectivity index (χ3v) is 3.91. The van der Waals surface area contributed by atoms with Crippen molar-refractivity contribution in [2.75, 3.05) is 11.6 Å². The molecule has 6 nitrogen and oxygen atoms in total. The maximum atomic E-state index is 10.7. The molecule has 0 fully saturated rings. The minimum atomic E-state index is -0.374. The summed E-state index contributed by atoms with van der Waals surface area (Å²) in [4.78, 5) is 10.7. The summed E-state index contributed by atoms with van der Waals surface area (Å²) in [5, 5.41) is 9.40. The molecular weight excluding hydrogens is 321 g/mol. The highest BCUT2D eigenvalue weighted by molar-refractivity contribution is 7.99. The maximum absolute atomic E-state index is 10.7. The van der Waals surface area contributed by atoms with Gasteiger partial charge in [0.25, 0.3) is 0 Å². The Bertz CT molecular complexity index is 646. The SMILES string of the molecule is NC(=O)CCSc1nnc(-c2ccc(Cl)cc2Cl)n1N. The third-order valence-electron chi connectivity index (χ3n) is 2.42. The lowest BCUT2D eigenvalue weighted by molar-refractivity contribution is -0.117. The van der Waals surface area contributed by atoms with Crippen molar-refractivity contribution in [2.24, 2.45) is 5.73 Å². The topological polar surface area (TPSA) is 99.8 Å². The molecule has 0 bridgehead atoms. The number of halogens is 2. The van der Waals surface area contributed by atoms with Crippen LogP contribution in [0.4, 0.5) is 0 Å². The fraction of sp³-hybridized carbons (Fsp3) is 0.182.